The minimum Gasteiger partial charge on any atom is -0.491 e. The number of amides is 1. The number of aromatic nitrogens is 1. The zero-order chi connectivity index (χ0) is 24.1. The summed E-state index contributed by atoms with van der Waals surface area (Å²) in [6.07, 6.45) is 2.29. The van der Waals surface area contributed by atoms with E-state index in [4.69, 9.17) is 9.47 Å². The summed E-state index contributed by atoms with van der Waals surface area (Å²) in [5, 5.41) is 12.5. The molecule has 1 aliphatic rings. The molecule has 0 radical (unpaired) electrons. The van der Waals surface area contributed by atoms with Gasteiger partial charge in [0.15, 0.2) is 5.82 Å². The van der Waals surface area contributed by atoms with E-state index < -0.39 is 0 Å². The third-order valence-corrected chi connectivity index (χ3v) is 6.08. The maximum Gasteiger partial charge on any atom is 0.263 e. The van der Waals surface area contributed by atoms with E-state index in [1.54, 1.807) is 23.2 Å². The second kappa shape index (κ2) is 10.5. The minimum atomic E-state index is -0.205. The Labute approximate surface area is 199 Å². The Kier molecular flexibility index (Phi) is 7.21. The van der Waals surface area contributed by atoms with Crippen molar-refractivity contribution in [2.45, 2.75) is 26.9 Å². The summed E-state index contributed by atoms with van der Waals surface area (Å²) in [6.45, 7) is 5.77. The number of pyridine rings is 1. The van der Waals surface area contributed by atoms with Gasteiger partial charge in [-0.2, -0.15) is 5.26 Å². The average molecular weight is 457 g/mol. The predicted octanol–water partition coefficient (Wildman–Crippen LogP) is 3.89. The van der Waals surface area contributed by atoms with E-state index in [0.29, 0.717) is 55.6 Å². The molecule has 3 aromatic rings. The fraction of sp³-hybridized carbons (Fsp3) is 0.296. The van der Waals surface area contributed by atoms with Crippen LogP contribution >= 0.6 is 0 Å². The third kappa shape index (κ3) is 4.79. The molecule has 0 aliphatic carbocycles. The number of fused-ring (bicyclic) bond motifs is 1. The Balaban J connectivity index is 1.65. The van der Waals surface area contributed by atoms with Crippen molar-refractivity contribution in [1.29, 1.82) is 5.26 Å². The van der Waals surface area contributed by atoms with Crippen molar-refractivity contribution >= 4 is 11.7 Å². The molecule has 0 spiro atoms. The Morgan fingerprint density at radius 3 is 2.68 bits per heavy atom. The largest absolute Gasteiger partial charge is 0.491 e. The van der Waals surface area contributed by atoms with Crippen LogP contribution in [0.1, 0.15) is 43.7 Å². The Bertz CT molecular complexity index is 1230. The zero-order valence-corrected chi connectivity index (χ0v) is 19.7. The molecule has 0 saturated carbocycles. The van der Waals surface area contributed by atoms with E-state index >= 15 is 0 Å². The van der Waals surface area contributed by atoms with Crippen molar-refractivity contribution in [3.8, 4) is 11.8 Å². The molecule has 1 amide bonds. The van der Waals surface area contributed by atoms with Gasteiger partial charge in [0, 0.05) is 6.20 Å². The average Bonchev–Trinajstić information content (AvgIpc) is 3.02. The van der Waals surface area contributed by atoms with Crippen LogP contribution in [-0.2, 0) is 17.8 Å². The molecule has 1 aliphatic heterocycles. The van der Waals surface area contributed by atoms with Gasteiger partial charge in [0.2, 0.25) is 0 Å². The lowest BCUT2D eigenvalue weighted by Crippen LogP contribution is -2.33. The standard InChI is InChI=1S/C27H28N4O3/c1-18-19(2)25-24(14-23(18)13-20-6-8-21(9-7-20)16-33-17-29-3)27(32)31(11-12-34-25)26-22(15-28)5-4-10-30-26/h4-10,14,29H,11-13,16-17H2,1-3H3. The van der Waals surface area contributed by atoms with Gasteiger partial charge in [-0.25, -0.2) is 4.98 Å². The monoisotopic (exact) mass is 456 g/mol. The van der Waals surface area contributed by atoms with Crippen LogP contribution in [0.2, 0.25) is 0 Å². The number of benzene rings is 2. The van der Waals surface area contributed by atoms with Crippen molar-refractivity contribution in [2.75, 3.05) is 31.8 Å². The molecule has 0 unspecified atom stereocenters. The van der Waals surface area contributed by atoms with Crippen LogP contribution in [0, 0.1) is 25.2 Å². The maximum atomic E-state index is 13.6. The van der Waals surface area contributed by atoms with Gasteiger partial charge in [0.1, 0.15) is 18.4 Å². The fourth-order valence-corrected chi connectivity index (χ4v) is 4.12. The number of carbonyl (C=O) groups is 1. The molecule has 0 saturated heterocycles. The van der Waals surface area contributed by atoms with Gasteiger partial charge in [-0.15, -0.1) is 0 Å². The Morgan fingerprint density at radius 2 is 1.94 bits per heavy atom. The molecule has 174 valence electrons. The normalized spacial score (nSPS) is 13.1. The Morgan fingerprint density at radius 1 is 1.18 bits per heavy atom. The van der Waals surface area contributed by atoms with Crippen LogP contribution in [0.25, 0.3) is 0 Å². The summed E-state index contributed by atoms with van der Waals surface area (Å²) in [5.41, 5.74) is 6.25. The summed E-state index contributed by atoms with van der Waals surface area (Å²) in [6, 6.07) is 15.7. The lowest BCUT2D eigenvalue weighted by molar-refractivity contribution is 0.0989. The molecule has 34 heavy (non-hydrogen) atoms. The van der Waals surface area contributed by atoms with E-state index in [1.807, 2.05) is 20.0 Å². The van der Waals surface area contributed by atoms with Crippen molar-refractivity contribution in [1.82, 2.24) is 10.3 Å². The van der Waals surface area contributed by atoms with Gasteiger partial charge in [-0.3, -0.25) is 15.0 Å². The van der Waals surface area contributed by atoms with E-state index in [0.717, 1.165) is 27.8 Å². The number of rotatable bonds is 7. The van der Waals surface area contributed by atoms with Crippen molar-refractivity contribution < 1.29 is 14.3 Å². The highest BCUT2D eigenvalue weighted by atomic mass is 16.5. The minimum absolute atomic E-state index is 0.205. The highest BCUT2D eigenvalue weighted by molar-refractivity contribution is 6.08. The van der Waals surface area contributed by atoms with Crippen LogP contribution in [-0.4, -0.2) is 37.8 Å². The second-order valence-corrected chi connectivity index (χ2v) is 8.29. The van der Waals surface area contributed by atoms with Gasteiger partial charge in [-0.05, 0) is 73.3 Å². The maximum absolute atomic E-state index is 13.6. The molecule has 0 atom stereocenters. The van der Waals surface area contributed by atoms with Crippen molar-refractivity contribution in [2.24, 2.45) is 0 Å². The number of hydrogen-bond donors (Lipinski definition) is 1. The molecule has 1 N–H and O–H groups in total. The lowest BCUT2D eigenvalue weighted by atomic mass is 9.93. The fourth-order valence-electron chi connectivity index (χ4n) is 4.12. The molecule has 1 aromatic heterocycles. The van der Waals surface area contributed by atoms with Crippen molar-refractivity contribution in [3.05, 3.63) is 87.6 Å². The van der Waals surface area contributed by atoms with E-state index in [1.165, 1.54) is 0 Å². The third-order valence-electron chi connectivity index (χ3n) is 6.08. The van der Waals surface area contributed by atoms with Gasteiger partial charge in [0.05, 0.1) is 31.0 Å². The number of nitrogens with zero attached hydrogens (tertiary/aromatic N) is 3. The second-order valence-electron chi connectivity index (χ2n) is 8.29. The summed E-state index contributed by atoms with van der Waals surface area (Å²) in [5.74, 6) is 0.770. The SMILES string of the molecule is CNCOCc1ccc(Cc2cc3c(c(C)c2C)OCCN(c2ncccc2C#N)C3=O)cc1. The van der Waals surface area contributed by atoms with E-state index in [2.05, 4.69) is 47.6 Å². The van der Waals surface area contributed by atoms with Crippen LogP contribution in [0.5, 0.6) is 5.75 Å². The number of ether oxygens (including phenoxy) is 2. The summed E-state index contributed by atoms with van der Waals surface area (Å²) in [4.78, 5) is 19.5. The highest BCUT2D eigenvalue weighted by Gasteiger charge is 2.29. The van der Waals surface area contributed by atoms with Gasteiger partial charge >= 0.3 is 0 Å². The molecule has 4 rings (SSSR count). The van der Waals surface area contributed by atoms with Crippen molar-refractivity contribution in [3.63, 3.8) is 0 Å². The quantitative estimate of drug-likeness (QED) is 0.429. The van der Waals surface area contributed by atoms with Crippen LogP contribution < -0.4 is 15.0 Å². The van der Waals surface area contributed by atoms with Gasteiger partial charge < -0.3 is 9.47 Å². The van der Waals surface area contributed by atoms with Crippen LogP contribution in [0.15, 0.2) is 48.7 Å². The van der Waals surface area contributed by atoms with Crippen LogP contribution in [0.4, 0.5) is 5.82 Å². The molecular formula is C27H28N4O3. The highest BCUT2D eigenvalue weighted by Crippen LogP contribution is 2.34. The number of nitrogens with one attached hydrogen (secondary N) is 1. The molecule has 0 bridgehead atoms. The van der Waals surface area contributed by atoms with Gasteiger partial charge in [-0.1, -0.05) is 24.3 Å². The number of hydrogen-bond acceptors (Lipinski definition) is 6. The lowest BCUT2D eigenvalue weighted by Gasteiger charge is -2.20. The first-order chi connectivity index (χ1) is 16.5. The van der Waals surface area contributed by atoms with E-state index in [-0.39, 0.29) is 5.91 Å². The first-order valence-corrected chi connectivity index (χ1v) is 11.3. The molecule has 7 heteroatoms. The molecule has 0 fully saturated rings. The first-order valence-electron chi connectivity index (χ1n) is 11.3. The smallest absolute Gasteiger partial charge is 0.263 e. The molecular weight excluding hydrogens is 428 g/mol. The first kappa shape index (κ1) is 23.4. The number of nitriles is 1. The summed E-state index contributed by atoms with van der Waals surface area (Å²) < 4.78 is 11.5. The molecule has 7 nitrogen and oxygen atoms in total. The number of carbonyl (C=O) groups excluding carboxylic acids is 1. The number of anilines is 1. The van der Waals surface area contributed by atoms with Gasteiger partial charge in [0.25, 0.3) is 5.91 Å². The summed E-state index contributed by atoms with van der Waals surface area (Å²) in [7, 11) is 1.85. The summed E-state index contributed by atoms with van der Waals surface area (Å²) >= 11 is 0. The zero-order valence-electron chi connectivity index (χ0n) is 19.7. The molecule has 2 heterocycles. The Hall–Kier alpha value is -3.73. The predicted molar refractivity (Wildman–Crippen MR) is 130 cm³/mol. The van der Waals surface area contributed by atoms with Crippen LogP contribution in [0.3, 0.4) is 0 Å². The molecule has 2 aromatic carbocycles. The topological polar surface area (TPSA) is 87.5 Å². The van der Waals surface area contributed by atoms with E-state index in [9.17, 15) is 10.1 Å².